The van der Waals surface area contributed by atoms with E-state index in [1.54, 1.807) is 10.7 Å². The lowest BCUT2D eigenvalue weighted by molar-refractivity contribution is -0.140. The average Bonchev–Trinajstić information content (AvgIpc) is 2.87. The van der Waals surface area contributed by atoms with Crippen molar-refractivity contribution >= 4 is 11.5 Å². The summed E-state index contributed by atoms with van der Waals surface area (Å²) in [5.74, 6) is -0.580. The molecule has 1 fully saturated rings. The van der Waals surface area contributed by atoms with E-state index in [1.165, 1.54) is 0 Å². The molecule has 2 aromatic rings. The van der Waals surface area contributed by atoms with Crippen molar-refractivity contribution in [1.29, 1.82) is 0 Å². The van der Waals surface area contributed by atoms with Crippen molar-refractivity contribution in [3.8, 4) is 0 Å². The van der Waals surface area contributed by atoms with E-state index >= 15 is 0 Å². The zero-order chi connectivity index (χ0) is 12.5. The Hall–Kier alpha value is -1.95. The van der Waals surface area contributed by atoms with Crippen LogP contribution in [-0.2, 0) is 4.79 Å². The van der Waals surface area contributed by atoms with Gasteiger partial charge in [-0.05, 0) is 31.5 Å². The third kappa shape index (κ3) is 1.84. The number of hydrogen-bond acceptors (Lipinski definition) is 4. The summed E-state index contributed by atoms with van der Waals surface area (Å²) in [5, 5.41) is 20.0. The van der Waals surface area contributed by atoms with Gasteiger partial charge in [-0.3, -0.25) is 4.79 Å². The van der Waals surface area contributed by atoms with Crippen molar-refractivity contribution in [2.45, 2.75) is 24.8 Å². The minimum absolute atomic E-state index is 0.206. The summed E-state index contributed by atoms with van der Waals surface area (Å²) in [7, 11) is 0. The second-order valence-electron chi connectivity index (χ2n) is 4.59. The second kappa shape index (κ2) is 4.38. The number of hydrogen-bond donors (Lipinski definition) is 2. The normalized spacial score (nSPS) is 24.2. The summed E-state index contributed by atoms with van der Waals surface area (Å²) in [6.07, 6.45) is 3.22. The number of carboxylic acid groups (broad SMARTS) is 1. The SMILES string of the molecule is O=C(O)C1CC(c2cccc3cnnn23)CCN1. The number of rotatable bonds is 2. The van der Waals surface area contributed by atoms with E-state index in [0.29, 0.717) is 13.0 Å². The van der Waals surface area contributed by atoms with Crippen LogP contribution < -0.4 is 5.32 Å². The third-order valence-corrected chi connectivity index (χ3v) is 3.47. The maximum Gasteiger partial charge on any atom is 0.320 e. The molecule has 2 aromatic heterocycles. The molecular weight excluding hydrogens is 232 g/mol. The first-order chi connectivity index (χ1) is 8.75. The minimum Gasteiger partial charge on any atom is -0.480 e. The molecule has 94 valence electrons. The fourth-order valence-corrected chi connectivity index (χ4v) is 2.56. The third-order valence-electron chi connectivity index (χ3n) is 3.47. The van der Waals surface area contributed by atoms with E-state index in [0.717, 1.165) is 17.6 Å². The first-order valence-electron chi connectivity index (χ1n) is 6.01. The highest BCUT2D eigenvalue weighted by molar-refractivity contribution is 5.73. The highest BCUT2D eigenvalue weighted by Crippen LogP contribution is 2.27. The molecule has 18 heavy (non-hydrogen) atoms. The molecule has 0 radical (unpaired) electrons. The van der Waals surface area contributed by atoms with Gasteiger partial charge in [-0.25, -0.2) is 4.52 Å². The smallest absolute Gasteiger partial charge is 0.320 e. The Morgan fingerprint density at radius 2 is 2.39 bits per heavy atom. The first-order valence-corrected chi connectivity index (χ1v) is 6.01. The van der Waals surface area contributed by atoms with Gasteiger partial charge in [-0.1, -0.05) is 11.3 Å². The predicted octanol–water partition coefficient (Wildman–Crippen LogP) is 0.649. The number of aliphatic carboxylic acids is 1. The number of carboxylic acids is 1. The van der Waals surface area contributed by atoms with Gasteiger partial charge in [-0.2, -0.15) is 0 Å². The summed E-state index contributed by atoms with van der Waals surface area (Å²) >= 11 is 0. The van der Waals surface area contributed by atoms with Crippen molar-refractivity contribution in [3.05, 3.63) is 30.1 Å². The van der Waals surface area contributed by atoms with Crippen LogP contribution in [-0.4, -0.2) is 38.5 Å². The van der Waals surface area contributed by atoms with Gasteiger partial charge in [0.15, 0.2) is 0 Å². The number of carbonyl (C=O) groups is 1. The highest BCUT2D eigenvalue weighted by Gasteiger charge is 2.28. The fraction of sp³-hybridized carbons (Fsp3) is 0.417. The minimum atomic E-state index is -0.787. The zero-order valence-electron chi connectivity index (χ0n) is 9.78. The van der Waals surface area contributed by atoms with E-state index in [-0.39, 0.29) is 5.92 Å². The van der Waals surface area contributed by atoms with Gasteiger partial charge < -0.3 is 10.4 Å². The fourth-order valence-electron chi connectivity index (χ4n) is 2.56. The van der Waals surface area contributed by atoms with E-state index in [9.17, 15) is 4.79 Å². The quantitative estimate of drug-likeness (QED) is 0.813. The largest absolute Gasteiger partial charge is 0.480 e. The van der Waals surface area contributed by atoms with Crippen LogP contribution in [0.15, 0.2) is 24.4 Å². The average molecular weight is 246 g/mol. The lowest BCUT2D eigenvalue weighted by Gasteiger charge is -2.28. The van der Waals surface area contributed by atoms with Crippen molar-refractivity contribution < 1.29 is 9.90 Å². The summed E-state index contributed by atoms with van der Waals surface area (Å²) in [4.78, 5) is 11.0. The number of pyridine rings is 1. The Morgan fingerprint density at radius 1 is 1.50 bits per heavy atom. The molecule has 2 atom stereocenters. The molecule has 1 aliphatic heterocycles. The molecule has 0 aliphatic carbocycles. The molecule has 0 aromatic carbocycles. The van der Waals surface area contributed by atoms with Crippen LogP contribution in [0, 0.1) is 0 Å². The Labute approximate surface area is 104 Å². The van der Waals surface area contributed by atoms with Gasteiger partial charge >= 0.3 is 5.97 Å². The summed E-state index contributed by atoms with van der Waals surface area (Å²) < 4.78 is 1.80. The predicted molar refractivity (Wildman–Crippen MR) is 64.4 cm³/mol. The van der Waals surface area contributed by atoms with E-state index in [2.05, 4.69) is 15.6 Å². The molecule has 1 saturated heterocycles. The maximum absolute atomic E-state index is 11.0. The number of piperidine rings is 1. The number of fused-ring (bicyclic) bond motifs is 1. The number of aromatic nitrogens is 3. The molecule has 6 nitrogen and oxygen atoms in total. The Bertz CT molecular complexity index is 580. The summed E-state index contributed by atoms with van der Waals surface area (Å²) in [5.41, 5.74) is 1.98. The van der Waals surface area contributed by atoms with E-state index in [4.69, 9.17) is 5.11 Å². The number of nitrogens with zero attached hydrogens (tertiary/aromatic N) is 3. The molecule has 0 amide bonds. The van der Waals surface area contributed by atoms with Crippen LogP contribution in [0.3, 0.4) is 0 Å². The molecule has 0 bridgehead atoms. The van der Waals surface area contributed by atoms with Crippen molar-refractivity contribution in [3.63, 3.8) is 0 Å². The molecule has 1 aliphatic rings. The highest BCUT2D eigenvalue weighted by atomic mass is 16.4. The standard InChI is InChI=1S/C12H14N4O2/c17-12(18)10-6-8(4-5-13-10)11-3-1-2-9-7-14-15-16(9)11/h1-3,7-8,10,13H,4-6H2,(H,17,18). The Balaban J connectivity index is 1.94. The molecule has 2 N–H and O–H groups in total. The topological polar surface area (TPSA) is 79.5 Å². The van der Waals surface area contributed by atoms with Gasteiger partial charge in [0.25, 0.3) is 0 Å². The van der Waals surface area contributed by atoms with Crippen molar-refractivity contribution in [1.82, 2.24) is 20.1 Å². The van der Waals surface area contributed by atoms with E-state index in [1.807, 2.05) is 18.2 Å². The van der Waals surface area contributed by atoms with Gasteiger partial charge in [0.2, 0.25) is 0 Å². The summed E-state index contributed by atoms with van der Waals surface area (Å²) in [6.45, 7) is 0.715. The zero-order valence-corrected chi connectivity index (χ0v) is 9.78. The van der Waals surface area contributed by atoms with Crippen LogP contribution in [0.25, 0.3) is 5.52 Å². The van der Waals surface area contributed by atoms with Crippen LogP contribution in [0.1, 0.15) is 24.5 Å². The molecular formula is C12H14N4O2. The summed E-state index contributed by atoms with van der Waals surface area (Å²) in [6, 6.07) is 5.43. The van der Waals surface area contributed by atoms with Gasteiger partial charge in [0, 0.05) is 11.6 Å². The van der Waals surface area contributed by atoms with E-state index < -0.39 is 12.0 Å². The molecule has 0 saturated carbocycles. The maximum atomic E-state index is 11.0. The van der Waals surface area contributed by atoms with Gasteiger partial charge in [-0.15, -0.1) is 5.10 Å². The Morgan fingerprint density at radius 3 is 3.22 bits per heavy atom. The first kappa shape index (κ1) is 11.2. The van der Waals surface area contributed by atoms with Gasteiger partial charge in [0.1, 0.15) is 6.04 Å². The van der Waals surface area contributed by atoms with Gasteiger partial charge in [0.05, 0.1) is 11.7 Å². The molecule has 0 spiro atoms. The molecule has 2 unspecified atom stereocenters. The van der Waals surface area contributed by atoms with Crippen LogP contribution >= 0.6 is 0 Å². The van der Waals surface area contributed by atoms with Crippen LogP contribution in [0.5, 0.6) is 0 Å². The van der Waals surface area contributed by atoms with Crippen molar-refractivity contribution in [2.24, 2.45) is 0 Å². The lowest BCUT2D eigenvalue weighted by atomic mass is 9.89. The lowest BCUT2D eigenvalue weighted by Crippen LogP contribution is -2.43. The van der Waals surface area contributed by atoms with Crippen molar-refractivity contribution in [2.75, 3.05) is 6.54 Å². The van der Waals surface area contributed by atoms with Crippen LogP contribution in [0.4, 0.5) is 0 Å². The monoisotopic (exact) mass is 246 g/mol. The second-order valence-corrected chi connectivity index (χ2v) is 4.59. The number of nitrogens with one attached hydrogen (secondary N) is 1. The molecule has 3 heterocycles. The molecule has 6 heteroatoms. The molecule has 3 rings (SSSR count). The Kier molecular flexibility index (Phi) is 2.71. The van der Waals surface area contributed by atoms with Crippen LogP contribution in [0.2, 0.25) is 0 Å².